The second-order valence-electron chi connectivity index (χ2n) is 6.78. The molecule has 1 atom stereocenters. The lowest BCUT2D eigenvalue weighted by molar-refractivity contribution is -0.119. The number of benzene rings is 1. The number of rotatable bonds is 5. The van der Waals surface area contributed by atoms with Crippen molar-refractivity contribution >= 4 is 17.7 Å². The normalized spacial score (nSPS) is 16.5. The van der Waals surface area contributed by atoms with Gasteiger partial charge < -0.3 is 15.4 Å². The maximum absolute atomic E-state index is 12.8. The fourth-order valence-corrected chi connectivity index (χ4v) is 3.16. The van der Waals surface area contributed by atoms with Crippen molar-refractivity contribution in [1.82, 2.24) is 5.32 Å². The molecular formula is C19H28N2O3. The van der Waals surface area contributed by atoms with Crippen LogP contribution in [0.1, 0.15) is 51.5 Å². The molecule has 1 fully saturated rings. The van der Waals surface area contributed by atoms with Gasteiger partial charge in [-0.05, 0) is 51.2 Å². The van der Waals surface area contributed by atoms with Crippen LogP contribution >= 0.6 is 0 Å². The Morgan fingerprint density at radius 1 is 1.12 bits per heavy atom. The molecule has 0 aromatic heterocycles. The second kappa shape index (κ2) is 8.71. The third kappa shape index (κ3) is 5.25. The third-order valence-corrected chi connectivity index (χ3v) is 4.42. The molecular weight excluding hydrogens is 304 g/mol. The highest BCUT2D eigenvalue weighted by molar-refractivity contribution is 5.97. The van der Waals surface area contributed by atoms with Gasteiger partial charge in [0.1, 0.15) is 6.04 Å². The Morgan fingerprint density at radius 2 is 1.79 bits per heavy atom. The number of aryl methyl sites for hydroxylation is 1. The minimum absolute atomic E-state index is 0.155. The summed E-state index contributed by atoms with van der Waals surface area (Å²) in [5.41, 5.74) is 1.78. The van der Waals surface area contributed by atoms with Gasteiger partial charge in [0.15, 0.2) is 0 Å². The number of anilines is 1. The summed E-state index contributed by atoms with van der Waals surface area (Å²) in [5.74, 6) is -0.0145. The zero-order valence-electron chi connectivity index (χ0n) is 14.8. The number of hydrogen-bond donors (Lipinski definition) is 2. The zero-order valence-corrected chi connectivity index (χ0v) is 14.8. The van der Waals surface area contributed by atoms with E-state index in [1.807, 2.05) is 31.2 Å². The molecule has 1 aliphatic rings. The summed E-state index contributed by atoms with van der Waals surface area (Å²) in [6.45, 7) is 5.54. The molecule has 0 spiro atoms. The van der Waals surface area contributed by atoms with Crippen LogP contribution in [0.2, 0.25) is 0 Å². The number of alkyl carbamates (subject to hydrolysis) is 1. The standard InChI is InChI=1S/C19H28N2O3/c1-13(2)24-19(23)21-17(15-10-5-4-6-11-15)18(22)20-16-12-8-7-9-14(16)3/h7-9,12-13,15,17H,4-6,10-11H2,1-3H3,(H,20,22)(H,21,23). The molecule has 1 aromatic rings. The molecule has 0 radical (unpaired) electrons. The lowest BCUT2D eigenvalue weighted by Gasteiger charge is -2.30. The van der Waals surface area contributed by atoms with Gasteiger partial charge >= 0.3 is 6.09 Å². The zero-order chi connectivity index (χ0) is 17.5. The van der Waals surface area contributed by atoms with E-state index in [-0.39, 0.29) is 17.9 Å². The summed E-state index contributed by atoms with van der Waals surface area (Å²) >= 11 is 0. The van der Waals surface area contributed by atoms with Gasteiger partial charge in [-0.1, -0.05) is 37.5 Å². The number of para-hydroxylation sites is 1. The quantitative estimate of drug-likeness (QED) is 0.856. The molecule has 132 valence electrons. The first-order valence-electron chi connectivity index (χ1n) is 8.81. The van der Waals surface area contributed by atoms with Crippen molar-refractivity contribution < 1.29 is 14.3 Å². The summed E-state index contributed by atoms with van der Waals surface area (Å²) in [6.07, 6.45) is 4.55. The number of hydrogen-bond acceptors (Lipinski definition) is 3. The third-order valence-electron chi connectivity index (χ3n) is 4.42. The Kier molecular flexibility index (Phi) is 6.64. The molecule has 0 heterocycles. The van der Waals surface area contributed by atoms with Crippen LogP contribution in [0.25, 0.3) is 0 Å². The SMILES string of the molecule is Cc1ccccc1NC(=O)C(NC(=O)OC(C)C)C1CCCCC1. The van der Waals surface area contributed by atoms with Crippen LogP contribution in [0, 0.1) is 12.8 Å². The Labute approximate surface area is 144 Å². The number of carbonyl (C=O) groups excluding carboxylic acids is 2. The number of nitrogens with one attached hydrogen (secondary N) is 2. The average Bonchev–Trinajstić information content (AvgIpc) is 2.55. The van der Waals surface area contributed by atoms with Gasteiger partial charge in [0.25, 0.3) is 0 Å². The first-order valence-corrected chi connectivity index (χ1v) is 8.81. The van der Waals surface area contributed by atoms with Crippen LogP contribution in [0.5, 0.6) is 0 Å². The van der Waals surface area contributed by atoms with Crippen molar-refractivity contribution in [1.29, 1.82) is 0 Å². The minimum atomic E-state index is -0.559. The summed E-state index contributed by atoms with van der Waals surface area (Å²) in [7, 11) is 0. The first kappa shape index (κ1) is 18.3. The van der Waals surface area contributed by atoms with E-state index in [4.69, 9.17) is 4.74 Å². The molecule has 1 aromatic carbocycles. The van der Waals surface area contributed by atoms with Crippen LogP contribution in [-0.4, -0.2) is 24.1 Å². The largest absolute Gasteiger partial charge is 0.447 e. The highest BCUT2D eigenvalue weighted by Crippen LogP contribution is 2.27. The van der Waals surface area contributed by atoms with Crippen LogP contribution < -0.4 is 10.6 Å². The minimum Gasteiger partial charge on any atom is -0.447 e. The van der Waals surface area contributed by atoms with E-state index in [0.717, 1.165) is 36.9 Å². The van der Waals surface area contributed by atoms with E-state index in [1.165, 1.54) is 6.42 Å². The second-order valence-corrected chi connectivity index (χ2v) is 6.78. The number of amides is 2. The lowest BCUT2D eigenvalue weighted by Crippen LogP contribution is -2.49. The molecule has 1 unspecified atom stereocenters. The van der Waals surface area contributed by atoms with Crippen molar-refractivity contribution in [3.8, 4) is 0 Å². The highest BCUT2D eigenvalue weighted by atomic mass is 16.6. The Morgan fingerprint density at radius 3 is 2.42 bits per heavy atom. The molecule has 0 bridgehead atoms. The van der Waals surface area contributed by atoms with E-state index in [2.05, 4.69) is 10.6 Å². The van der Waals surface area contributed by atoms with Crippen molar-refractivity contribution in [3.05, 3.63) is 29.8 Å². The van der Waals surface area contributed by atoms with E-state index < -0.39 is 12.1 Å². The monoisotopic (exact) mass is 332 g/mol. The molecule has 0 aliphatic heterocycles. The van der Waals surface area contributed by atoms with Crippen LogP contribution in [0.3, 0.4) is 0 Å². The van der Waals surface area contributed by atoms with Crippen molar-refractivity contribution in [2.24, 2.45) is 5.92 Å². The van der Waals surface area contributed by atoms with Crippen LogP contribution in [0.15, 0.2) is 24.3 Å². The molecule has 24 heavy (non-hydrogen) atoms. The average molecular weight is 332 g/mol. The maximum atomic E-state index is 12.8. The molecule has 0 saturated heterocycles. The summed E-state index contributed by atoms with van der Waals surface area (Å²) in [5, 5.41) is 5.74. The Hall–Kier alpha value is -2.04. The van der Waals surface area contributed by atoms with E-state index in [1.54, 1.807) is 13.8 Å². The summed E-state index contributed by atoms with van der Waals surface area (Å²) in [6, 6.07) is 7.08. The van der Waals surface area contributed by atoms with E-state index >= 15 is 0 Å². The fraction of sp³-hybridized carbons (Fsp3) is 0.579. The molecule has 2 rings (SSSR count). The van der Waals surface area contributed by atoms with Crippen molar-refractivity contribution in [3.63, 3.8) is 0 Å². The molecule has 2 amide bonds. The highest BCUT2D eigenvalue weighted by Gasteiger charge is 2.31. The van der Waals surface area contributed by atoms with Crippen LogP contribution in [-0.2, 0) is 9.53 Å². The first-order chi connectivity index (χ1) is 11.5. The molecule has 5 nitrogen and oxygen atoms in total. The predicted octanol–water partition coefficient (Wildman–Crippen LogP) is 4.02. The van der Waals surface area contributed by atoms with Gasteiger partial charge in [0.05, 0.1) is 6.10 Å². The van der Waals surface area contributed by atoms with Crippen LogP contribution in [0.4, 0.5) is 10.5 Å². The number of carbonyl (C=O) groups is 2. The van der Waals surface area contributed by atoms with Gasteiger partial charge in [-0.25, -0.2) is 4.79 Å². The van der Waals surface area contributed by atoms with Gasteiger partial charge in [-0.15, -0.1) is 0 Å². The molecule has 5 heteroatoms. The molecule has 2 N–H and O–H groups in total. The van der Waals surface area contributed by atoms with Crippen molar-refractivity contribution in [2.75, 3.05) is 5.32 Å². The Balaban J connectivity index is 2.09. The predicted molar refractivity (Wildman–Crippen MR) is 94.9 cm³/mol. The topological polar surface area (TPSA) is 67.4 Å². The fourth-order valence-electron chi connectivity index (χ4n) is 3.16. The molecule has 1 aliphatic carbocycles. The van der Waals surface area contributed by atoms with Crippen molar-refractivity contribution in [2.45, 2.75) is 65.0 Å². The maximum Gasteiger partial charge on any atom is 0.408 e. The molecule has 1 saturated carbocycles. The van der Waals surface area contributed by atoms with Gasteiger partial charge in [0.2, 0.25) is 5.91 Å². The number of ether oxygens (including phenoxy) is 1. The van der Waals surface area contributed by atoms with Gasteiger partial charge in [-0.3, -0.25) is 4.79 Å². The lowest BCUT2D eigenvalue weighted by atomic mass is 9.83. The smallest absolute Gasteiger partial charge is 0.408 e. The van der Waals surface area contributed by atoms with Gasteiger partial charge in [0, 0.05) is 5.69 Å². The van der Waals surface area contributed by atoms with E-state index in [0.29, 0.717) is 0 Å². The summed E-state index contributed by atoms with van der Waals surface area (Å²) in [4.78, 5) is 24.8. The summed E-state index contributed by atoms with van der Waals surface area (Å²) < 4.78 is 5.17. The van der Waals surface area contributed by atoms with Gasteiger partial charge in [-0.2, -0.15) is 0 Å². The van der Waals surface area contributed by atoms with E-state index in [9.17, 15) is 9.59 Å². The Bertz CT molecular complexity index is 565.